The number of hydrogen-bond donors (Lipinski definition) is 3. The monoisotopic (exact) mass is 534 g/mol. The first-order chi connectivity index (χ1) is 11.7. The van der Waals surface area contributed by atoms with Crippen LogP contribution >= 0.6 is 51.2 Å². The Morgan fingerprint density at radius 2 is 2.12 bits per heavy atom. The Morgan fingerprint density at radius 3 is 2.84 bits per heavy atom. The molecule has 1 aliphatic heterocycles. The molecule has 25 heavy (non-hydrogen) atoms. The van der Waals surface area contributed by atoms with E-state index in [1.807, 2.05) is 24.3 Å². The van der Waals surface area contributed by atoms with Crippen LogP contribution in [0, 0.1) is 0 Å². The number of rotatable bonds is 4. The van der Waals surface area contributed by atoms with Gasteiger partial charge in [0.1, 0.15) is 0 Å². The second-order valence-corrected chi connectivity index (χ2v) is 8.10. The molecule has 0 spiro atoms. The zero-order valence-electron chi connectivity index (χ0n) is 13.7. The van der Waals surface area contributed by atoms with Crippen molar-refractivity contribution < 1.29 is 4.79 Å². The Balaban J connectivity index is 0.00000225. The maximum atomic E-state index is 11.9. The van der Waals surface area contributed by atoms with Crippen molar-refractivity contribution in [3.05, 3.63) is 50.6 Å². The van der Waals surface area contributed by atoms with Crippen LogP contribution in [0.3, 0.4) is 0 Å². The van der Waals surface area contributed by atoms with E-state index in [1.165, 1.54) is 10.4 Å². The van der Waals surface area contributed by atoms with Gasteiger partial charge >= 0.3 is 0 Å². The molecule has 3 N–H and O–H groups in total. The molecule has 134 valence electrons. The molecule has 8 heteroatoms. The van der Waals surface area contributed by atoms with Crippen molar-refractivity contribution in [2.75, 3.05) is 18.9 Å². The van der Waals surface area contributed by atoms with Crippen LogP contribution in [0.4, 0.5) is 5.69 Å². The highest BCUT2D eigenvalue weighted by Gasteiger charge is 2.24. The van der Waals surface area contributed by atoms with Crippen molar-refractivity contribution in [1.29, 1.82) is 0 Å². The summed E-state index contributed by atoms with van der Waals surface area (Å²) in [5.74, 6) is 0.944. The molecule has 2 aromatic rings. The van der Waals surface area contributed by atoms with Gasteiger partial charge in [0, 0.05) is 36.5 Å². The summed E-state index contributed by atoms with van der Waals surface area (Å²) in [6.45, 7) is 1.38. The molecular weight excluding hydrogens is 515 g/mol. The fourth-order valence-electron chi connectivity index (χ4n) is 2.74. The molecule has 0 bridgehead atoms. The SMILES string of the molecule is CN=C(NCc1ccc(Br)s1)NCC1CC(=O)Nc2ccccc21.I. The number of para-hydroxylation sites is 1. The van der Waals surface area contributed by atoms with Crippen LogP contribution in [-0.4, -0.2) is 25.5 Å². The third-order valence-electron chi connectivity index (χ3n) is 3.90. The predicted molar refractivity (Wildman–Crippen MR) is 118 cm³/mol. The molecule has 1 atom stereocenters. The van der Waals surface area contributed by atoms with Crippen LogP contribution in [0.15, 0.2) is 45.2 Å². The van der Waals surface area contributed by atoms with Crippen LogP contribution in [-0.2, 0) is 11.3 Å². The van der Waals surface area contributed by atoms with Crippen LogP contribution < -0.4 is 16.0 Å². The molecule has 0 fully saturated rings. The van der Waals surface area contributed by atoms with Gasteiger partial charge in [0.15, 0.2) is 5.96 Å². The quantitative estimate of drug-likeness (QED) is 0.316. The fourth-order valence-corrected chi connectivity index (χ4v) is 4.16. The van der Waals surface area contributed by atoms with E-state index in [4.69, 9.17) is 0 Å². The topological polar surface area (TPSA) is 65.5 Å². The maximum absolute atomic E-state index is 11.9. The summed E-state index contributed by atoms with van der Waals surface area (Å²) in [6, 6.07) is 12.1. The van der Waals surface area contributed by atoms with E-state index in [2.05, 4.69) is 49.0 Å². The van der Waals surface area contributed by atoms with Gasteiger partial charge in [-0.05, 0) is 39.7 Å². The lowest BCUT2D eigenvalue weighted by atomic mass is 9.90. The minimum absolute atomic E-state index is 0. The number of amides is 1. The average Bonchev–Trinajstić information content (AvgIpc) is 3.00. The molecule has 3 rings (SSSR count). The molecule has 2 heterocycles. The standard InChI is InChI=1S/C17H19BrN4OS.HI/c1-19-17(21-10-12-6-7-15(18)24-12)20-9-11-8-16(23)22-14-5-3-2-4-13(11)14;/h2-7,11H,8-10H2,1H3,(H,22,23)(H2,19,20,21);1H. The van der Waals surface area contributed by atoms with Gasteiger partial charge in [0.25, 0.3) is 0 Å². The highest BCUT2D eigenvalue weighted by molar-refractivity contribution is 14.0. The molecule has 0 saturated carbocycles. The Kier molecular flexibility index (Phi) is 7.70. The zero-order valence-corrected chi connectivity index (χ0v) is 18.4. The first-order valence-corrected chi connectivity index (χ1v) is 9.34. The van der Waals surface area contributed by atoms with Crippen molar-refractivity contribution in [2.45, 2.75) is 18.9 Å². The summed E-state index contributed by atoms with van der Waals surface area (Å²) in [6.07, 6.45) is 0.485. The van der Waals surface area contributed by atoms with E-state index in [0.717, 1.165) is 22.0 Å². The highest BCUT2D eigenvalue weighted by Crippen LogP contribution is 2.31. The minimum atomic E-state index is 0. The number of thiophene rings is 1. The number of carbonyl (C=O) groups excluding carboxylic acids is 1. The van der Waals surface area contributed by atoms with E-state index in [0.29, 0.717) is 13.0 Å². The van der Waals surface area contributed by atoms with Crippen molar-refractivity contribution in [3.8, 4) is 0 Å². The third kappa shape index (κ3) is 5.42. The van der Waals surface area contributed by atoms with Gasteiger partial charge in [-0.1, -0.05) is 18.2 Å². The van der Waals surface area contributed by atoms with E-state index in [-0.39, 0.29) is 35.8 Å². The molecule has 0 radical (unpaired) electrons. The molecule has 5 nitrogen and oxygen atoms in total. The number of aliphatic imine (C=N–C) groups is 1. The lowest BCUT2D eigenvalue weighted by Crippen LogP contribution is -2.40. The summed E-state index contributed by atoms with van der Waals surface area (Å²) in [5.41, 5.74) is 2.08. The van der Waals surface area contributed by atoms with Crippen molar-refractivity contribution >= 4 is 68.8 Å². The van der Waals surface area contributed by atoms with Crippen molar-refractivity contribution in [2.24, 2.45) is 4.99 Å². The second-order valence-electron chi connectivity index (χ2n) is 5.55. The minimum Gasteiger partial charge on any atom is -0.356 e. The number of halogens is 2. The normalized spacial score (nSPS) is 16.5. The van der Waals surface area contributed by atoms with Gasteiger partial charge in [-0.15, -0.1) is 35.3 Å². The summed E-state index contributed by atoms with van der Waals surface area (Å²) in [5, 5.41) is 9.56. The summed E-state index contributed by atoms with van der Waals surface area (Å²) < 4.78 is 1.12. The number of guanidine groups is 1. The lowest BCUT2D eigenvalue weighted by Gasteiger charge is -2.26. The number of nitrogens with zero attached hydrogens (tertiary/aromatic N) is 1. The van der Waals surface area contributed by atoms with Crippen LogP contribution in [0.25, 0.3) is 0 Å². The number of benzene rings is 1. The Bertz CT molecular complexity index is 765. The number of anilines is 1. The van der Waals surface area contributed by atoms with Gasteiger partial charge in [0.05, 0.1) is 10.3 Å². The first-order valence-electron chi connectivity index (χ1n) is 7.73. The molecule has 1 unspecified atom stereocenters. The molecule has 1 aromatic heterocycles. The van der Waals surface area contributed by atoms with E-state index in [9.17, 15) is 4.79 Å². The Labute approximate surface area is 176 Å². The number of nitrogens with one attached hydrogen (secondary N) is 3. The maximum Gasteiger partial charge on any atom is 0.225 e. The van der Waals surface area contributed by atoms with Crippen molar-refractivity contribution in [1.82, 2.24) is 10.6 Å². The number of carbonyl (C=O) groups is 1. The van der Waals surface area contributed by atoms with Gasteiger partial charge in [0.2, 0.25) is 5.91 Å². The van der Waals surface area contributed by atoms with Crippen LogP contribution in [0.5, 0.6) is 0 Å². The lowest BCUT2D eigenvalue weighted by molar-refractivity contribution is -0.116. The smallest absolute Gasteiger partial charge is 0.225 e. The highest BCUT2D eigenvalue weighted by atomic mass is 127. The number of fused-ring (bicyclic) bond motifs is 1. The molecule has 0 saturated heterocycles. The third-order valence-corrected chi connectivity index (χ3v) is 5.53. The summed E-state index contributed by atoms with van der Waals surface area (Å²) in [7, 11) is 1.75. The van der Waals surface area contributed by atoms with E-state index < -0.39 is 0 Å². The van der Waals surface area contributed by atoms with E-state index in [1.54, 1.807) is 18.4 Å². The summed E-state index contributed by atoms with van der Waals surface area (Å²) >= 11 is 5.16. The molecule has 1 aliphatic rings. The second kappa shape index (κ2) is 9.54. The van der Waals surface area contributed by atoms with Crippen LogP contribution in [0.2, 0.25) is 0 Å². The molecule has 1 amide bonds. The number of hydrogen-bond acceptors (Lipinski definition) is 3. The van der Waals surface area contributed by atoms with Crippen LogP contribution in [0.1, 0.15) is 22.8 Å². The Morgan fingerprint density at radius 1 is 1.32 bits per heavy atom. The largest absolute Gasteiger partial charge is 0.356 e. The average molecular weight is 535 g/mol. The van der Waals surface area contributed by atoms with Crippen molar-refractivity contribution in [3.63, 3.8) is 0 Å². The van der Waals surface area contributed by atoms with Gasteiger partial charge in [-0.25, -0.2) is 0 Å². The fraction of sp³-hybridized carbons (Fsp3) is 0.294. The predicted octanol–water partition coefficient (Wildman–Crippen LogP) is 3.92. The van der Waals surface area contributed by atoms with Gasteiger partial charge in [-0.3, -0.25) is 9.79 Å². The Hall–Kier alpha value is -1.13. The molecule has 1 aromatic carbocycles. The summed E-state index contributed by atoms with van der Waals surface area (Å²) in [4.78, 5) is 17.4. The van der Waals surface area contributed by atoms with E-state index >= 15 is 0 Å². The first kappa shape index (κ1) is 20.2. The van der Waals surface area contributed by atoms with Gasteiger partial charge in [-0.2, -0.15) is 0 Å². The molecular formula is C17H20BrIN4OS. The zero-order chi connectivity index (χ0) is 16.9. The molecule has 0 aliphatic carbocycles. The van der Waals surface area contributed by atoms with Gasteiger partial charge < -0.3 is 16.0 Å².